The summed E-state index contributed by atoms with van der Waals surface area (Å²) in [7, 11) is 0.997. The van der Waals surface area contributed by atoms with Crippen LogP contribution >= 0.6 is 0 Å². The number of benzene rings is 2. The summed E-state index contributed by atoms with van der Waals surface area (Å²) in [4.78, 5) is 25.3. The number of ether oxygens (including phenoxy) is 3. The summed E-state index contributed by atoms with van der Waals surface area (Å²) in [6, 6.07) is 5.24. The summed E-state index contributed by atoms with van der Waals surface area (Å²) < 4.78 is 20.9. The number of phenolic OH excluding ortho intramolecular Hbond substituents is 4. The van der Waals surface area contributed by atoms with E-state index in [1.54, 1.807) is 0 Å². The molecule has 0 bridgehead atoms. The minimum absolute atomic E-state index is 0.0208. The van der Waals surface area contributed by atoms with Crippen LogP contribution in [-0.4, -0.2) is 79.5 Å². The second-order valence-electron chi connectivity index (χ2n) is 7.67. The zero-order valence-corrected chi connectivity index (χ0v) is 17.9. The number of hydrogen-bond acceptors (Lipinski definition) is 13. The van der Waals surface area contributed by atoms with Crippen molar-refractivity contribution < 1.29 is 59.2 Å². The van der Waals surface area contributed by atoms with E-state index in [2.05, 4.69) is 4.74 Å². The van der Waals surface area contributed by atoms with E-state index in [4.69, 9.17) is 13.9 Å². The Morgan fingerprint density at radius 2 is 1.63 bits per heavy atom. The lowest BCUT2D eigenvalue weighted by atomic mass is 9.99. The number of carbonyl (C=O) groups excluding carboxylic acids is 1. The van der Waals surface area contributed by atoms with Crippen molar-refractivity contribution in [3.63, 3.8) is 0 Å². The molecule has 2 aromatic carbocycles. The van der Waals surface area contributed by atoms with Crippen LogP contribution in [0, 0.1) is 0 Å². The maximum Gasteiger partial charge on any atom is 0.337 e. The summed E-state index contributed by atoms with van der Waals surface area (Å²) in [6.07, 6.45) is -9.50. The lowest BCUT2D eigenvalue weighted by Crippen LogP contribution is -2.61. The average molecular weight is 492 g/mol. The molecule has 1 aromatic heterocycles. The second kappa shape index (κ2) is 8.96. The molecule has 0 amide bonds. The van der Waals surface area contributed by atoms with E-state index >= 15 is 0 Å². The highest BCUT2D eigenvalue weighted by molar-refractivity contribution is 5.88. The molecule has 4 rings (SSSR count). The Hall–Kier alpha value is -4.04. The van der Waals surface area contributed by atoms with Gasteiger partial charge < -0.3 is 54.4 Å². The third-order valence-electron chi connectivity index (χ3n) is 5.39. The van der Waals surface area contributed by atoms with E-state index in [-0.39, 0.29) is 11.1 Å². The maximum absolute atomic E-state index is 13.3. The van der Waals surface area contributed by atoms with Crippen molar-refractivity contribution in [2.75, 3.05) is 7.11 Å². The fraction of sp³-hybridized carbons (Fsp3) is 0.273. The van der Waals surface area contributed by atoms with Crippen LogP contribution in [0.5, 0.6) is 28.7 Å². The van der Waals surface area contributed by atoms with Crippen LogP contribution in [0.25, 0.3) is 22.3 Å². The van der Waals surface area contributed by atoms with Crippen LogP contribution in [0.3, 0.4) is 0 Å². The lowest BCUT2D eigenvalue weighted by molar-refractivity contribution is -0.272. The Kier molecular flexibility index (Phi) is 6.17. The zero-order valence-electron chi connectivity index (χ0n) is 17.9. The molecule has 13 heteroatoms. The third-order valence-corrected chi connectivity index (χ3v) is 5.39. The Morgan fingerprint density at radius 1 is 0.914 bits per heavy atom. The fourth-order valence-corrected chi connectivity index (χ4v) is 3.60. The number of hydrogen-bond donors (Lipinski definition) is 7. The molecule has 0 aliphatic carbocycles. The molecule has 1 aliphatic heterocycles. The van der Waals surface area contributed by atoms with Gasteiger partial charge in [-0.05, 0) is 18.2 Å². The van der Waals surface area contributed by atoms with Crippen LogP contribution in [0.1, 0.15) is 0 Å². The number of esters is 1. The molecule has 1 fully saturated rings. The summed E-state index contributed by atoms with van der Waals surface area (Å²) >= 11 is 0. The van der Waals surface area contributed by atoms with Crippen LogP contribution in [0.2, 0.25) is 0 Å². The zero-order chi connectivity index (χ0) is 25.6. The van der Waals surface area contributed by atoms with Crippen molar-refractivity contribution in [1.82, 2.24) is 0 Å². The average Bonchev–Trinajstić information content (AvgIpc) is 2.81. The second-order valence-corrected chi connectivity index (χ2v) is 7.67. The highest BCUT2D eigenvalue weighted by Crippen LogP contribution is 2.39. The number of aromatic hydroxyl groups is 4. The molecule has 3 aromatic rings. The van der Waals surface area contributed by atoms with Gasteiger partial charge in [0, 0.05) is 17.7 Å². The minimum atomic E-state index is -1.96. The van der Waals surface area contributed by atoms with Gasteiger partial charge in [0.1, 0.15) is 40.8 Å². The van der Waals surface area contributed by atoms with E-state index < -0.39 is 82.0 Å². The van der Waals surface area contributed by atoms with E-state index in [1.807, 2.05) is 0 Å². The van der Waals surface area contributed by atoms with Gasteiger partial charge in [-0.25, -0.2) is 4.79 Å². The largest absolute Gasteiger partial charge is 0.508 e. The maximum atomic E-state index is 13.3. The van der Waals surface area contributed by atoms with E-state index in [1.165, 1.54) is 6.07 Å². The summed E-state index contributed by atoms with van der Waals surface area (Å²) in [5, 5.41) is 69.7. The molecule has 1 saturated heterocycles. The normalized spacial score (nSPS) is 24.3. The Bertz CT molecular complexity index is 1350. The number of methoxy groups -OCH3 is 1. The number of fused-ring (bicyclic) bond motifs is 1. The van der Waals surface area contributed by atoms with E-state index in [0.717, 1.165) is 31.4 Å². The molecular formula is C22H20O13. The van der Waals surface area contributed by atoms with Crippen molar-refractivity contribution in [3.8, 4) is 40.1 Å². The van der Waals surface area contributed by atoms with Gasteiger partial charge in [-0.15, -0.1) is 0 Å². The van der Waals surface area contributed by atoms with E-state index in [9.17, 15) is 45.3 Å². The van der Waals surface area contributed by atoms with Crippen molar-refractivity contribution in [1.29, 1.82) is 0 Å². The van der Waals surface area contributed by atoms with Crippen molar-refractivity contribution in [2.24, 2.45) is 0 Å². The van der Waals surface area contributed by atoms with Crippen LogP contribution in [-0.2, 0) is 14.3 Å². The van der Waals surface area contributed by atoms with Gasteiger partial charge >= 0.3 is 5.97 Å². The molecule has 7 N–H and O–H groups in total. The SMILES string of the molecule is COC(=O)[C@H]1O[C@@H](Oc2c(-c3ccc(O)c(O)c3)oc3cc(O)cc(O)c3c2=O)C(O)C(O)[C@@H]1O. The minimum Gasteiger partial charge on any atom is -0.508 e. The molecule has 5 atom stereocenters. The van der Waals surface area contributed by atoms with Crippen LogP contribution in [0.4, 0.5) is 0 Å². The molecule has 0 radical (unpaired) electrons. The van der Waals surface area contributed by atoms with Gasteiger partial charge in [0.05, 0.1) is 7.11 Å². The molecule has 1 aliphatic rings. The van der Waals surface area contributed by atoms with E-state index in [0.29, 0.717) is 0 Å². The smallest absolute Gasteiger partial charge is 0.337 e. The monoisotopic (exact) mass is 492 g/mol. The van der Waals surface area contributed by atoms with Crippen LogP contribution < -0.4 is 10.2 Å². The number of phenols is 4. The first-order chi connectivity index (χ1) is 16.5. The predicted molar refractivity (Wildman–Crippen MR) is 114 cm³/mol. The molecule has 2 heterocycles. The molecule has 35 heavy (non-hydrogen) atoms. The Balaban J connectivity index is 1.90. The van der Waals surface area contributed by atoms with Gasteiger partial charge in [0.25, 0.3) is 0 Å². The Morgan fingerprint density at radius 3 is 2.29 bits per heavy atom. The molecule has 0 spiro atoms. The number of aliphatic hydroxyl groups is 3. The number of aliphatic hydroxyl groups excluding tert-OH is 3. The molecule has 0 saturated carbocycles. The Labute approximate surface area is 195 Å². The van der Waals surface area contributed by atoms with Gasteiger partial charge in [-0.3, -0.25) is 4.79 Å². The highest BCUT2D eigenvalue weighted by atomic mass is 16.7. The van der Waals surface area contributed by atoms with Crippen molar-refractivity contribution >= 4 is 16.9 Å². The molecule has 186 valence electrons. The van der Waals surface area contributed by atoms with Gasteiger partial charge in [-0.2, -0.15) is 0 Å². The summed E-state index contributed by atoms with van der Waals surface area (Å²) in [5.41, 5.74) is -1.32. The third kappa shape index (κ3) is 4.17. The summed E-state index contributed by atoms with van der Waals surface area (Å²) in [5.74, 6) is -4.37. The van der Waals surface area contributed by atoms with Crippen LogP contribution in [0.15, 0.2) is 39.5 Å². The first-order valence-corrected chi connectivity index (χ1v) is 10.0. The van der Waals surface area contributed by atoms with Gasteiger partial charge in [0.15, 0.2) is 23.4 Å². The standard InChI is InChI=1S/C22H20O13/c1-32-21(31)20-16(29)15(28)17(30)22(35-20)34-19-14(27)13-11(26)5-8(23)6-12(13)33-18(19)7-2-3-9(24)10(25)4-7/h2-6,15-17,20,22-26,28-30H,1H3/t15?,16-,17?,20-,22+/m0/s1. The lowest BCUT2D eigenvalue weighted by Gasteiger charge is -2.38. The highest BCUT2D eigenvalue weighted by Gasteiger charge is 2.49. The first-order valence-electron chi connectivity index (χ1n) is 10.0. The topological polar surface area (TPSA) is 217 Å². The molecule has 2 unspecified atom stereocenters. The number of rotatable bonds is 4. The van der Waals surface area contributed by atoms with Crippen molar-refractivity contribution in [3.05, 3.63) is 40.6 Å². The molecular weight excluding hydrogens is 472 g/mol. The predicted octanol–water partition coefficient (Wildman–Crippen LogP) is -0.358. The summed E-state index contributed by atoms with van der Waals surface area (Å²) in [6.45, 7) is 0. The fourth-order valence-electron chi connectivity index (χ4n) is 3.60. The van der Waals surface area contributed by atoms with Gasteiger partial charge in [-0.1, -0.05) is 0 Å². The quantitative estimate of drug-likeness (QED) is 0.183. The van der Waals surface area contributed by atoms with Gasteiger partial charge in [0.2, 0.25) is 17.5 Å². The first kappa shape index (κ1) is 24.1. The van der Waals surface area contributed by atoms with Crippen molar-refractivity contribution in [2.45, 2.75) is 30.7 Å². The number of carbonyl (C=O) groups is 1. The molecule has 13 nitrogen and oxygen atoms in total.